The van der Waals surface area contributed by atoms with E-state index in [2.05, 4.69) is 56.1 Å². The van der Waals surface area contributed by atoms with Crippen LogP contribution in [-0.4, -0.2) is 24.0 Å². The van der Waals surface area contributed by atoms with Crippen LogP contribution in [0.5, 0.6) is 0 Å². The van der Waals surface area contributed by atoms with Crippen molar-refractivity contribution in [1.82, 2.24) is 4.90 Å². The fraction of sp³-hybridized carbons (Fsp3) is 0.667. The first-order chi connectivity index (χ1) is 9.58. The van der Waals surface area contributed by atoms with Crippen LogP contribution < -0.4 is 5.73 Å². The van der Waals surface area contributed by atoms with E-state index in [1.807, 2.05) is 0 Å². The summed E-state index contributed by atoms with van der Waals surface area (Å²) < 4.78 is 0. The lowest BCUT2D eigenvalue weighted by Crippen LogP contribution is -2.41. The summed E-state index contributed by atoms with van der Waals surface area (Å²) in [6.07, 6.45) is 6.08. The molecule has 1 aliphatic rings. The van der Waals surface area contributed by atoms with Gasteiger partial charge in [0, 0.05) is 18.1 Å². The molecule has 2 N–H and O–H groups in total. The minimum atomic E-state index is 0.430. The van der Waals surface area contributed by atoms with Gasteiger partial charge >= 0.3 is 0 Å². The Bertz CT molecular complexity index is 380. The second-order valence-electron chi connectivity index (χ2n) is 6.79. The number of rotatable bonds is 5. The van der Waals surface area contributed by atoms with E-state index in [-0.39, 0.29) is 0 Å². The summed E-state index contributed by atoms with van der Waals surface area (Å²) in [7, 11) is 2.31. The molecular formula is C18H30N2. The van der Waals surface area contributed by atoms with Gasteiger partial charge in [0.2, 0.25) is 0 Å². The van der Waals surface area contributed by atoms with E-state index in [0.29, 0.717) is 24.0 Å². The van der Waals surface area contributed by atoms with Crippen molar-refractivity contribution in [1.29, 1.82) is 0 Å². The first-order valence-corrected chi connectivity index (χ1v) is 8.10. The molecule has 1 aromatic carbocycles. The molecule has 0 bridgehead atoms. The van der Waals surface area contributed by atoms with Gasteiger partial charge in [-0.3, -0.25) is 4.90 Å². The molecular weight excluding hydrogens is 244 g/mol. The van der Waals surface area contributed by atoms with Gasteiger partial charge in [-0.15, -0.1) is 0 Å². The summed E-state index contributed by atoms with van der Waals surface area (Å²) in [6.45, 7) is 4.64. The quantitative estimate of drug-likeness (QED) is 0.880. The van der Waals surface area contributed by atoms with Crippen LogP contribution in [0, 0.1) is 5.92 Å². The number of nitrogens with two attached hydrogens (primary N) is 1. The fourth-order valence-electron chi connectivity index (χ4n) is 3.42. The first kappa shape index (κ1) is 15.5. The SMILES string of the molecule is CC(C)CC(c1ccccc1)N(C)C1CCC(N)CC1. The Hall–Kier alpha value is -0.860. The third-order valence-corrected chi connectivity index (χ3v) is 4.69. The predicted octanol–water partition coefficient (Wildman–Crippen LogP) is 3.98. The highest BCUT2D eigenvalue weighted by Gasteiger charge is 2.27. The van der Waals surface area contributed by atoms with Crippen molar-refractivity contribution in [2.45, 2.75) is 64.1 Å². The maximum Gasteiger partial charge on any atom is 0.0350 e. The van der Waals surface area contributed by atoms with Crippen molar-refractivity contribution in [2.24, 2.45) is 11.7 Å². The molecule has 1 saturated carbocycles. The van der Waals surface area contributed by atoms with Gasteiger partial charge in [-0.2, -0.15) is 0 Å². The highest BCUT2D eigenvalue weighted by Crippen LogP contribution is 2.32. The Morgan fingerprint density at radius 2 is 1.70 bits per heavy atom. The molecule has 112 valence electrons. The van der Waals surface area contributed by atoms with Gasteiger partial charge in [0.25, 0.3) is 0 Å². The molecule has 1 atom stereocenters. The molecule has 0 aromatic heterocycles. The van der Waals surface area contributed by atoms with Crippen LogP contribution in [0.3, 0.4) is 0 Å². The third kappa shape index (κ3) is 4.07. The monoisotopic (exact) mass is 274 g/mol. The maximum atomic E-state index is 6.05. The molecule has 1 aromatic rings. The Balaban J connectivity index is 2.10. The third-order valence-electron chi connectivity index (χ3n) is 4.69. The van der Waals surface area contributed by atoms with E-state index in [1.54, 1.807) is 0 Å². The Kier molecular flexibility index (Phi) is 5.62. The van der Waals surface area contributed by atoms with Crippen molar-refractivity contribution in [3.63, 3.8) is 0 Å². The largest absolute Gasteiger partial charge is 0.328 e. The van der Waals surface area contributed by atoms with Gasteiger partial charge in [0.1, 0.15) is 0 Å². The van der Waals surface area contributed by atoms with Crippen LogP contribution in [0.2, 0.25) is 0 Å². The molecule has 0 saturated heterocycles. The highest BCUT2D eigenvalue weighted by atomic mass is 15.2. The van der Waals surface area contributed by atoms with Gasteiger partial charge in [-0.25, -0.2) is 0 Å². The molecule has 2 nitrogen and oxygen atoms in total. The van der Waals surface area contributed by atoms with Crippen LogP contribution in [0.25, 0.3) is 0 Å². The number of hydrogen-bond donors (Lipinski definition) is 1. The molecule has 2 heteroatoms. The molecule has 20 heavy (non-hydrogen) atoms. The zero-order valence-electron chi connectivity index (χ0n) is 13.3. The standard InChI is InChI=1S/C18H30N2/c1-14(2)13-18(15-7-5-4-6-8-15)20(3)17-11-9-16(19)10-12-17/h4-8,14,16-18H,9-13,19H2,1-3H3. The van der Waals surface area contributed by atoms with Crippen molar-refractivity contribution in [3.05, 3.63) is 35.9 Å². The van der Waals surface area contributed by atoms with Gasteiger partial charge < -0.3 is 5.73 Å². The minimum Gasteiger partial charge on any atom is -0.328 e. The van der Waals surface area contributed by atoms with E-state index in [0.717, 1.165) is 0 Å². The van der Waals surface area contributed by atoms with Crippen molar-refractivity contribution >= 4 is 0 Å². The number of benzene rings is 1. The number of hydrogen-bond acceptors (Lipinski definition) is 2. The summed E-state index contributed by atoms with van der Waals surface area (Å²) in [4.78, 5) is 2.61. The molecule has 0 spiro atoms. The summed E-state index contributed by atoms with van der Waals surface area (Å²) in [5.74, 6) is 0.716. The van der Waals surface area contributed by atoms with E-state index in [9.17, 15) is 0 Å². The molecule has 1 unspecified atom stereocenters. The fourth-order valence-corrected chi connectivity index (χ4v) is 3.42. The topological polar surface area (TPSA) is 29.3 Å². The first-order valence-electron chi connectivity index (χ1n) is 8.10. The average Bonchev–Trinajstić information content (AvgIpc) is 2.45. The second kappa shape index (κ2) is 7.24. The van der Waals surface area contributed by atoms with E-state index >= 15 is 0 Å². The van der Waals surface area contributed by atoms with Crippen LogP contribution in [0.1, 0.15) is 57.6 Å². The Morgan fingerprint density at radius 1 is 1.10 bits per heavy atom. The van der Waals surface area contributed by atoms with Gasteiger partial charge in [-0.05, 0) is 50.6 Å². The van der Waals surface area contributed by atoms with Crippen molar-refractivity contribution in [3.8, 4) is 0 Å². The van der Waals surface area contributed by atoms with E-state index in [4.69, 9.17) is 5.73 Å². The van der Waals surface area contributed by atoms with Gasteiger partial charge in [-0.1, -0.05) is 44.2 Å². The normalized spacial score (nSPS) is 25.1. The predicted molar refractivity (Wildman–Crippen MR) is 86.6 cm³/mol. The van der Waals surface area contributed by atoms with Crippen LogP contribution in [0.4, 0.5) is 0 Å². The van der Waals surface area contributed by atoms with Crippen LogP contribution in [-0.2, 0) is 0 Å². The lowest BCUT2D eigenvalue weighted by molar-refractivity contribution is 0.117. The molecule has 0 radical (unpaired) electrons. The maximum absolute atomic E-state index is 6.05. The molecule has 1 fully saturated rings. The molecule has 0 aliphatic heterocycles. The molecule has 2 rings (SSSR count). The lowest BCUT2D eigenvalue weighted by atomic mass is 9.88. The van der Waals surface area contributed by atoms with Crippen molar-refractivity contribution in [2.75, 3.05) is 7.05 Å². The number of nitrogens with zero attached hydrogens (tertiary/aromatic N) is 1. The summed E-state index contributed by atoms with van der Waals surface area (Å²) in [5, 5.41) is 0. The Labute approximate surface area is 124 Å². The minimum absolute atomic E-state index is 0.430. The second-order valence-corrected chi connectivity index (χ2v) is 6.79. The summed E-state index contributed by atoms with van der Waals surface area (Å²) >= 11 is 0. The van der Waals surface area contributed by atoms with E-state index < -0.39 is 0 Å². The molecule has 0 heterocycles. The van der Waals surface area contributed by atoms with Crippen LogP contribution >= 0.6 is 0 Å². The molecule has 0 amide bonds. The smallest absolute Gasteiger partial charge is 0.0350 e. The van der Waals surface area contributed by atoms with E-state index in [1.165, 1.54) is 37.7 Å². The summed E-state index contributed by atoms with van der Waals surface area (Å²) in [5.41, 5.74) is 7.50. The average molecular weight is 274 g/mol. The molecule has 1 aliphatic carbocycles. The zero-order chi connectivity index (χ0) is 14.5. The van der Waals surface area contributed by atoms with Gasteiger partial charge in [0.05, 0.1) is 0 Å². The summed E-state index contributed by atoms with van der Waals surface area (Å²) in [6, 6.07) is 12.6. The van der Waals surface area contributed by atoms with Gasteiger partial charge in [0.15, 0.2) is 0 Å². The van der Waals surface area contributed by atoms with Crippen LogP contribution in [0.15, 0.2) is 30.3 Å². The Morgan fingerprint density at radius 3 is 2.25 bits per heavy atom. The van der Waals surface area contributed by atoms with Crippen molar-refractivity contribution < 1.29 is 0 Å². The highest BCUT2D eigenvalue weighted by molar-refractivity contribution is 5.19. The zero-order valence-corrected chi connectivity index (χ0v) is 13.3. The lowest BCUT2D eigenvalue weighted by Gasteiger charge is -2.39.